The third kappa shape index (κ3) is 3.84. The van der Waals surface area contributed by atoms with Gasteiger partial charge in [0.25, 0.3) is 0 Å². The summed E-state index contributed by atoms with van der Waals surface area (Å²) < 4.78 is 44.9. The number of hydrogen-bond donors (Lipinski definition) is 2. The van der Waals surface area contributed by atoms with Gasteiger partial charge in [-0.1, -0.05) is 17.7 Å². The number of halogens is 2. The summed E-state index contributed by atoms with van der Waals surface area (Å²) in [5, 5.41) is -0.0364. The van der Waals surface area contributed by atoms with Crippen molar-refractivity contribution in [1.82, 2.24) is 0 Å². The van der Waals surface area contributed by atoms with Gasteiger partial charge in [-0.15, -0.1) is 3.89 Å². The van der Waals surface area contributed by atoms with Crippen LogP contribution in [0.25, 0.3) is 0 Å². The molecule has 0 aliphatic rings. The largest absolute Gasteiger partial charge is 0.332 e. The molecule has 0 atom stereocenters. The lowest BCUT2D eigenvalue weighted by atomic mass is 10.2. The molecule has 90 valence electrons. The van der Waals surface area contributed by atoms with E-state index in [9.17, 15) is 16.9 Å². The van der Waals surface area contributed by atoms with Crippen molar-refractivity contribution in [3.8, 4) is 0 Å². The van der Waals surface area contributed by atoms with Gasteiger partial charge < -0.3 is 9.79 Å². The van der Waals surface area contributed by atoms with E-state index >= 15 is 0 Å². The van der Waals surface area contributed by atoms with E-state index in [2.05, 4.69) is 0 Å². The Balaban J connectivity index is 3.35. The first-order chi connectivity index (χ1) is 7.09. The van der Waals surface area contributed by atoms with Gasteiger partial charge in [-0.2, -0.15) is 8.42 Å². The molecule has 0 spiro atoms. The molecular formula is C7H7ClFO5PS. The van der Waals surface area contributed by atoms with Crippen molar-refractivity contribution in [3.05, 3.63) is 28.8 Å². The highest BCUT2D eigenvalue weighted by Gasteiger charge is 2.23. The zero-order valence-electron chi connectivity index (χ0n) is 7.67. The maximum atomic E-state index is 12.8. The van der Waals surface area contributed by atoms with Crippen molar-refractivity contribution < 1.29 is 26.7 Å². The van der Waals surface area contributed by atoms with Gasteiger partial charge in [0.1, 0.15) is 4.90 Å². The van der Waals surface area contributed by atoms with E-state index in [1.807, 2.05) is 0 Å². The topological polar surface area (TPSA) is 91.7 Å². The second-order valence-corrected chi connectivity index (χ2v) is 6.41. The standard InChI is InChI=1S/C7H7ClFO5PS/c8-6-2-1-5(4-15(10,11)12)7(3-6)16(9,13)14/h1-3H,4H2,(H2,10,11,12). The molecule has 1 rings (SSSR count). The first-order valence-electron chi connectivity index (χ1n) is 3.87. The van der Waals surface area contributed by atoms with Gasteiger partial charge in [0.05, 0.1) is 6.16 Å². The smallest absolute Gasteiger partial charge is 0.324 e. The second kappa shape index (κ2) is 4.43. The van der Waals surface area contributed by atoms with Crippen molar-refractivity contribution in [2.24, 2.45) is 0 Å². The summed E-state index contributed by atoms with van der Waals surface area (Å²) in [6.45, 7) is 0. The zero-order chi connectivity index (χ0) is 12.6. The molecule has 0 unspecified atom stereocenters. The number of hydrogen-bond acceptors (Lipinski definition) is 3. The van der Waals surface area contributed by atoms with Gasteiger partial charge in [-0.25, -0.2) is 0 Å². The highest BCUT2D eigenvalue weighted by atomic mass is 35.5. The minimum absolute atomic E-state index is 0.0364. The summed E-state index contributed by atoms with van der Waals surface area (Å²) >= 11 is 5.47. The van der Waals surface area contributed by atoms with Crippen LogP contribution < -0.4 is 0 Å². The van der Waals surface area contributed by atoms with Crippen LogP contribution in [0.3, 0.4) is 0 Å². The molecular weight excluding hydrogens is 282 g/mol. The molecule has 1 aromatic rings. The Morgan fingerprint density at radius 3 is 2.38 bits per heavy atom. The van der Waals surface area contributed by atoms with E-state index in [-0.39, 0.29) is 10.6 Å². The summed E-state index contributed by atoms with van der Waals surface area (Å²) in [5.41, 5.74) is -0.305. The molecule has 0 aliphatic heterocycles. The van der Waals surface area contributed by atoms with Crippen molar-refractivity contribution in [2.45, 2.75) is 11.1 Å². The molecule has 0 amide bonds. The Morgan fingerprint density at radius 2 is 1.94 bits per heavy atom. The van der Waals surface area contributed by atoms with Gasteiger partial charge in [-0.3, -0.25) is 4.57 Å². The lowest BCUT2D eigenvalue weighted by Gasteiger charge is -2.07. The van der Waals surface area contributed by atoms with Gasteiger partial charge in [0.15, 0.2) is 0 Å². The lowest BCUT2D eigenvalue weighted by Crippen LogP contribution is -1.99. The highest BCUT2D eigenvalue weighted by Crippen LogP contribution is 2.41. The predicted molar refractivity (Wildman–Crippen MR) is 55.5 cm³/mol. The number of benzene rings is 1. The van der Waals surface area contributed by atoms with Crippen LogP contribution in [0, 0.1) is 0 Å². The summed E-state index contributed by atoms with van der Waals surface area (Å²) in [6, 6.07) is 3.09. The minimum Gasteiger partial charge on any atom is -0.324 e. The van der Waals surface area contributed by atoms with Crippen LogP contribution in [0.2, 0.25) is 5.02 Å². The third-order valence-electron chi connectivity index (χ3n) is 1.67. The predicted octanol–water partition coefficient (Wildman–Crippen LogP) is 1.68. The van der Waals surface area contributed by atoms with E-state index in [0.29, 0.717) is 0 Å². The van der Waals surface area contributed by atoms with Crippen LogP contribution >= 0.6 is 19.2 Å². The third-order valence-corrected chi connectivity index (χ3v) is 3.56. The van der Waals surface area contributed by atoms with E-state index in [4.69, 9.17) is 21.4 Å². The summed E-state index contributed by atoms with van der Waals surface area (Å²) in [7, 11) is -9.53. The average molecular weight is 289 g/mol. The molecule has 0 saturated heterocycles. The quantitative estimate of drug-likeness (QED) is 0.652. The van der Waals surface area contributed by atoms with E-state index < -0.39 is 28.9 Å². The molecule has 0 bridgehead atoms. The van der Waals surface area contributed by atoms with Crippen LogP contribution in [0.4, 0.5) is 3.89 Å². The van der Waals surface area contributed by atoms with Gasteiger partial charge in [0.2, 0.25) is 0 Å². The first-order valence-corrected chi connectivity index (χ1v) is 7.43. The molecule has 9 heteroatoms. The van der Waals surface area contributed by atoms with Crippen LogP contribution in [0.5, 0.6) is 0 Å². The van der Waals surface area contributed by atoms with E-state index in [1.54, 1.807) is 0 Å². The minimum atomic E-state index is -5.06. The van der Waals surface area contributed by atoms with Crippen molar-refractivity contribution in [1.29, 1.82) is 0 Å². The SMILES string of the molecule is O=P(O)(O)Cc1ccc(Cl)cc1S(=O)(=O)F. The molecule has 1 aromatic carbocycles. The summed E-state index contributed by atoms with van der Waals surface area (Å²) in [4.78, 5) is 16.6. The summed E-state index contributed by atoms with van der Waals surface area (Å²) in [6.07, 6.45) is -0.858. The van der Waals surface area contributed by atoms with Crippen LogP contribution in [-0.4, -0.2) is 18.2 Å². The molecule has 0 aliphatic carbocycles. The maximum absolute atomic E-state index is 12.8. The van der Waals surface area contributed by atoms with Gasteiger partial charge >= 0.3 is 17.8 Å². The van der Waals surface area contributed by atoms with Gasteiger partial charge in [0, 0.05) is 5.02 Å². The fraction of sp³-hybridized carbons (Fsp3) is 0.143. The normalized spacial score (nSPS) is 12.8. The average Bonchev–Trinajstić information content (AvgIpc) is 2.04. The fourth-order valence-electron chi connectivity index (χ4n) is 1.11. The Labute approximate surface area is 96.2 Å². The van der Waals surface area contributed by atoms with Crippen LogP contribution in [0.15, 0.2) is 23.1 Å². The molecule has 5 nitrogen and oxygen atoms in total. The lowest BCUT2D eigenvalue weighted by molar-refractivity contribution is 0.371. The fourth-order valence-corrected chi connectivity index (χ4v) is 2.89. The monoisotopic (exact) mass is 288 g/mol. The molecule has 0 fully saturated rings. The van der Waals surface area contributed by atoms with Crippen molar-refractivity contribution in [3.63, 3.8) is 0 Å². The highest BCUT2D eigenvalue weighted by molar-refractivity contribution is 7.86. The van der Waals surface area contributed by atoms with Gasteiger partial charge in [-0.05, 0) is 17.7 Å². The molecule has 2 N–H and O–H groups in total. The van der Waals surface area contributed by atoms with Crippen molar-refractivity contribution in [2.75, 3.05) is 0 Å². The van der Waals surface area contributed by atoms with E-state index in [1.165, 1.54) is 6.07 Å². The molecule has 16 heavy (non-hydrogen) atoms. The Morgan fingerprint density at radius 1 is 1.38 bits per heavy atom. The zero-order valence-corrected chi connectivity index (χ0v) is 10.1. The molecule has 0 saturated carbocycles. The second-order valence-electron chi connectivity index (χ2n) is 3.01. The molecule has 0 radical (unpaired) electrons. The molecule has 0 aromatic heterocycles. The Kier molecular flexibility index (Phi) is 3.76. The van der Waals surface area contributed by atoms with Crippen LogP contribution in [-0.2, 0) is 21.0 Å². The molecule has 0 heterocycles. The van der Waals surface area contributed by atoms with Crippen LogP contribution in [0.1, 0.15) is 5.56 Å². The Hall–Kier alpha value is -0.460. The Bertz CT molecular complexity index is 552. The van der Waals surface area contributed by atoms with E-state index in [0.717, 1.165) is 12.1 Å². The number of rotatable bonds is 3. The first kappa shape index (κ1) is 13.6. The maximum Gasteiger partial charge on any atom is 0.332 e. The van der Waals surface area contributed by atoms with Crippen molar-refractivity contribution >= 4 is 29.4 Å². The summed E-state index contributed by atoms with van der Waals surface area (Å²) in [5.74, 6) is 0.